The summed E-state index contributed by atoms with van der Waals surface area (Å²) < 4.78 is 6.93. The number of aromatic amines is 2. The molecule has 8 nitrogen and oxygen atoms in total. The number of aromatic nitrogens is 4. The Balaban J connectivity index is 1.44. The molecule has 0 saturated carbocycles. The van der Waals surface area contributed by atoms with Crippen LogP contribution in [-0.2, 0) is 4.74 Å². The molecule has 172 valence electrons. The molecule has 1 atom stereocenters. The molecule has 1 aliphatic rings. The van der Waals surface area contributed by atoms with E-state index in [2.05, 4.69) is 15.4 Å². The fourth-order valence-electron chi connectivity index (χ4n) is 4.57. The summed E-state index contributed by atoms with van der Waals surface area (Å²) in [6.07, 6.45) is 1.84. The molecule has 1 aliphatic heterocycles. The van der Waals surface area contributed by atoms with Gasteiger partial charge in [-0.2, -0.15) is 0 Å². The van der Waals surface area contributed by atoms with Gasteiger partial charge in [0.05, 0.1) is 11.7 Å². The van der Waals surface area contributed by atoms with E-state index in [0.717, 1.165) is 48.2 Å². The largest absolute Gasteiger partial charge is 0.381 e. The maximum atomic E-state index is 13.1. The molecule has 4 heterocycles. The Morgan fingerprint density at radius 3 is 2.73 bits per heavy atom. The van der Waals surface area contributed by atoms with Crippen LogP contribution in [0, 0.1) is 12.8 Å². The Morgan fingerprint density at radius 2 is 1.97 bits per heavy atom. The molecule has 33 heavy (non-hydrogen) atoms. The van der Waals surface area contributed by atoms with Gasteiger partial charge in [-0.05, 0) is 43.4 Å². The van der Waals surface area contributed by atoms with E-state index in [9.17, 15) is 9.59 Å². The molecule has 3 aromatic heterocycles. The predicted molar refractivity (Wildman–Crippen MR) is 127 cm³/mol. The van der Waals surface area contributed by atoms with E-state index < -0.39 is 6.04 Å². The number of nitrogens with zero attached hydrogens (tertiary/aromatic N) is 2. The van der Waals surface area contributed by atoms with E-state index in [0.29, 0.717) is 23.0 Å². The highest BCUT2D eigenvalue weighted by Crippen LogP contribution is 2.27. The second kappa shape index (κ2) is 8.51. The van der Waals surface area contributed by atoms with Gasteiger partial charge in [0, 0.05) is 47.9 Å². The predicted octanol–water partition coefficient (Wildman–Crippen LogP) is 3.83. The summed E-state index contributed by atoms with van der Waals surface area (Å²) >= 11 is 0. The van der Waals surface area contributed by atoms with Gasteiger partial charge < -0.3 is 15.0 Å². The first-order chi connectivity index (χ1) is 15.9. The molecule has 1 fully saturated rings. The second-order valence-corrected chi connectivity index (χ2v) is 9.28. The third-order valence-electron chi connectivity index (χ3n) is 6.45. The lowest BCUT2D eigenvalue weighted by atomic mass is 9.97. The van der Waals surface area contributed by atoms with Gasteiger partial charge in [-0.15, -0.1) is 0 Å². The van der Waals surface area contributed by atoms with Crippen molar-refractivity contribution < 1.29 is 9.53 Å². The quantitative estimate of drug-likeness (QED) is 0.432. The molecule has 5 rings (SSSR count). The van der Waals surface area contributed by atoms with E-state index in [4.69, 9.17) is 9.72 Å². The van der Waals surface area contributed by atoms with E-state index in [1.807, 2.05) is 51.1 Å². The van der Waals surface area contributed by atoms with Crippen molar-refractivity contribution in [2.45, 2.75) is 45.6 Å². The highest BCUT2D eigenvalue weighted by atomic mass is 16.5. The third kappa shape index (κ3) is 4.18. The first kappa shape index (κ1) is 21.5. The lowest BCUT2D eigenvalue weighted by Crippen LogP contribution is -2.33. The minimum absolute atomic E-state index is 0.0452. The second-order valence-electron chi connectivity index (χ2n) is 9.28. The van der Waals surface area contributed by atoms with Crippen LogP contribution in [0.1, 0.15) is 66.1 Å². The number of amides is 1. The number of rotatable bonds is 5. The maximum absolute atomic E-state index is 13.1. The number of nitrogens with one attached hydrogen (secondary N) is 3. The van der Waals surface area contributed by atoms with Crippen LogP contribution in [0.2, 0.25) is 0 Å². The number of carbonyl (C=O) groups excluding carboxylic acids is 1. The number of hydrogen-bond acceptors (Lipinski definition) is 4. The highest BCUT2D eigenvalue weighted by molar-refractivity contribution is 5.98. The van der Waals surface area contributed by atoms with Crippen molar-refractivity contribution >= 4 is 22.5 Å². The van der Waals surface area contributed by atoms with Crippen LogP contribution < -0.4 is 10.9 Å². The summed E-state index contributed by atoms with van der Waals surface area (Å²) in [4.78, 5) is 33.9. The fraction of sp³-hybridized carbons (Fsp3) is 0.400. The molecule has 1 amide bonds. The van der Waals surface area contributed by atoms with Crippen LogP contribution >= 0.6 is 0 Å². The van der Waals surface area contributed by atoms with Gasteiger partial charge in [-0.3, -0.25) is 14.7 Å². The zero-order chi connectivity index (χ0) is 23.1. The normalized spacial score (nSPS) is 16.0. The molecular weight excluding hydrogens is 418 g/mol. The summed E-state index contributed by atoms with van der Waals surface area (Å²) in [5.74, 6) is 0.153. The van der Waals surface area contributed by atoms with E-state index in [-0.39, 0.29) is 17.4 Å². The van der Waals surface area contributed by atoms with E-state index in [1.54, 1.807) is 0 Å². The Kier molecular flexibility index (Phi) is 5.54. The standard InChI is InChI=1S/C25H29N5O3/c1-14(2)24(28-25(32)21-11-17-5-4-15(3)10-18(17)26-21)20-13-23(31)30-22(27-20)12-19(29-30)16-6-8-33-9-7-16/h4-5,10-14,16,24,26,29H,6-9H2,1-3H3,(H,28,32). The Labute approximate surface area is 191 Å². The van der Waals surface area contributed by atoms with Gasteiger partial charge in [-0.1, -0.05) is 26.0 Å². The Hall–Kier alpha value is -3.39. The molecule has 0 aliphatic carbocycles. The van der Waals surface area contributed by atoms with Crippen molar-refractivity contribution in [1.82, 2.24) is 24.9 Å². The summed E-state index contributed by atoms with van der Waals surface area (Å²) in [5, 5.41) is 7.27. The zero-order valence-electron chi connectivity index (χ0n) is 19.1. The van der Waals surface area contributed by atoms with E-state index in [1.165, 1.54) is 10.6 Å². The van der Waals surface area contributed by atoms with Gasteiger partial charge in [0.2, 0.25) is 0 Å². The smallest absolute Gasteiger partial charge is 0.272 e. The van der Waals surface area contributed by atoms with Gasteiger partial charge in [0.25, 0.3) is 11.5 Å². The molecule has 0 radical (unpaired) electrons. The van der Waals surface area contributed by atoms with Crippen LogP contribution in [0.15, 0.2) is 41.2 Å². The summed E-state index contributed by atoms with van der Waals surface area (Å²) in [5.41, 5.74) is 4.48. The van der Waals surface area contributed by atoms with Crippen LogP contribution in [0.4, 0.5) is 0 Å². The molecule has 8 heteroatoms. The number of benzene rings is 1. The maximum Gasteiger partial charge on any atom is 0.272 e. The Bertz CT molecular complexity index is 1370. The van der Waals surface area contributed by atoms with Gasteiger partial charge in [-0.25, -0.2) is 9.50 Å². The van der Waals surface area contributed by atoms with Crippen molar-refractivity contribution in [1.29, 1.82) is 0 Å². The average molecular weight is 448 g/mol. The molecule has 1 aromatic carbocycles. The molecule has 0 spiro atoms. The van der Waals surface area contributed by atoms with Crippen LogP contribution in [0.25, 0.3) is 16.6 Å². The number of aryl methyl sites for hydroxylation is 1. The lowest BCUT2D eigenvalue weighted by molar-refractivity contribution is 0.0844. The van der Waals surface area contributed by atoms with Gasteiger partial charge in [0.15, 0.2) is 5.65 Å². The van der Waals surface area contributed by atoms with Crippen LogP contribution in [0.3, 0.4) is 0 Å². The molecule has 4 aromatic rings. The highest BCUT2D eigenvalue weighted by Gasteiger charge is 2.24. The molecule has 3 N–H and O–H groups in total. The van der Waals surface area contributed by atoms with E-state index >= 15 is 0 Å². The number of H-pyrrole nitrogens is 2. The average Bonchev–Trinajstić information content (AvgIpc) is 3.42. The summed E-state index contributed by atoms with van der Waals surface area (Å²) in [7, 11) is 0. The number of ether oxygens (including phenoxy) is 1. The van der Waals surface area contributed by atoms with Gasteiger partial charge in [0.1, 0.15) is 5.69 Å². The summed E-state index contributed by atoms with van der Waals surface area (Å²) in [6, 6.07) is 10.9. The third-order valence-corrected chi connectivity index (χ3v) is 6.45. The van der Waals surface area contributed by atoms with Crippen molar-refractivity contribution in [2.24, 2.45) is 5.92 Å². The van der Waals surface area contributed by atoms with Crippen molar-refractivity contribution in [3.63, 3.8) is 0 Å². The van der Waals surface area contributed by atoms with Crippen molar-refractivity contribution in [3.05, 3.63) is 69.4 Å². The first-order valence-corrected chi connectivity index (χ1v) is 11.5. The van der Waals surface area contributed by atoms with Gasteiger partial charge >= 0.3 is 0 Å². The lowest BCUT2D eigenvalue weighted by Gasteiger charge is -2.21. The minimum atomic E-state index is -0.398. The summed E-state index contributed by atoms with van der Waals surface area (Å²) in [6.45, 7) is 7.48. The van der Waals surface area contributed by atoms with Crippen molar-refractivity contribution in [2.75, 3.05) is 13.2 Å². The van der Waals surface area contributed by atoms with Crippen molar-refractivity contribution in [3.8, 4) is 0 Å². The SMILES string of the molecule is Cc1ccc2cc(C(=O)NC(c3cc(=O)n4[nH]c(C5CCOCC5)cc4n3)C(C)C)[nH]c2c1. The Morgan fingerprint density at radius 1 is 1.18 bits per heavy atom. The first-order valence-electron chi connectivity index (χ1n) is 11.5. The number of hydrogen-bond donors (Lipinski definition) is 3. The topological polar surface area (TPSA) is 104 Å². The monoisotopic (exact) mass is 447 g/mol. The zero-order valence-corrected chi connectivity index (χ0v) is 19.1. The van der Waals surface area contributed by atoms with Crippen LogP contribution in [0.5, 0.6) is 0 Å². The molecular formula is C25H29N5O3. The number of carbonyl (C=O) groups is 1. The fourth-order valence-corrected chi connectivity index (χ4v) is 4.57. The number of fused-ring (bicyclic) bond motifs is 2. The molecule has 1 unspecified atom stereocenters. The molecule has 0 bridgehead atoms. The minimum Gasteiger partial charge on any atom is -0.381 e. The molecule has 1 saturated heterocycles. The van der Waals surface area contributed by atoms with Crippen LogP contribution in [-0.4, -0.2) is 38.7 Å².